The number of aromatic nitrogens is 2. The summed E-state index contributed by atoms with van der Waals surface area (Å²) in [6.07, 6.45) is 1.75. The van der Waals surface area contributed by atoms with Gasteiger partial charge < -0.3 is 11.2 Å². The van der Waals surface area contributed by atoms with Gasteiger partial charge in [-0.3, -0.25) is 4.79 Å². The van der Waals surface area contributed by atoms with Gasteiger partial charge in [0.05, 0.1) is 23.7 Å². The molecule has 134 valence electrons. The normalized spacial score (nSPS) is 11.9. The van der Waals surface area contributed by atoms with E-state index in [2.05, 4.69) is 10.3 Å². The van der Waals surface area contributed by atoms with Crippen molar-refractivity contribution >= 4 is 29.3 Å². The molecule has 5 nitrogen and oxygen atoms in total. The van der Waals surface area contributed by atoms with Crippen molar-refractivity contribution in [1.82, 2.24) is 15.0 Å². The molecule has 1 atom stereocenters. The van der Waals surface area contributed by atoms with Crippen LogP contribution in [0.15, 0.2) is 66.0 Å². The molecule has 3 N–H and O–H groups in total. The van der Waals surface area contributed by atoms with Crippen LogP contribution in [0.4, 0.5) is 0 Å². The zero-order valence-corrected chi connectivity index (χ0v) is 15.8. The predicted octanol–water partition coefficient (Wildman–Crippen LogP) is 3.89. The van der Waals surface area contributed by atoms with E-state index in [4.69, 9.17) is 17.4 Å². The number of imidazole rings is 1. The maximum atomic E-state index is 12.2. The highest BCUT2D eigenvalue weighted by molar-refractivity contribution is 7.99. The van der Waals surface area contributed by atoms with E-state index in [0.717, 1.165) is 16.8 Å². The number of nitrogen functional groups attached to an aromatic ring is 1. The number of rotatable bonds is 6. The third-order valence-corrected chi connectivity index (χ3v) is 5.16. The Hall–Kier alpha value is -2.44. The summed E-state index contributed by atoms with van der Waals surface area (Å²) < 4.78 is 1.44. The fourth-order valence-electron chi connectivity index (χ4n) is 2.55. The molecule has 3 aromatic rings. The van der Waals surface area contributed by atoms with Crippen molar-refractivity contribution in [2.45, 2.75) is 18.1 Å². The number of halogens is 1. The van der Waals surface area contributed by atoms with Gasteiger partial charge >= 0.3 is 0 Å². The third-order valence-electron chi connectivity index (χ3n) is 3.85. The Morgan fingerprint density at radius 3 is 2.65 bits per heavy atom. The quantitative estimate of drug-likeness (QED) is 0.498. The molecular formula is C19H19ClN4OS. The van der Waals surface area contributed by atoms with Gasteiger partial charge in [-0.2, -0.15) is 0 Å². The maximum Gasteiger partial charge on any atom is 0.230 e. The summed E-state index contributed by atoms with van der Waals surface area (Å²) in [5.74, 6) is 6.08. The van der Waals surface area contributed by atoms with Crippen molar-refractivity contribution in [3.8, 4) is 11.3 Å². The fraction of sp³-hybridized carbons (Fsp3) is 0.158. The first kappa shape index (κ1) is 18.4. The fourth-order valence-corrected chi connectivity index (χ4v) is 3.56. The first-order valence-electron chi connectivity index (χ1n) is 8.11. The molecule has 0 aliphatic carbocycles. The first-order valence-corrected chi connectivity index (χ1v) is 9.47. The second kappa shape index (κ2) is 8.29. The summed E-state index contributed by atoms with van der Waals surface area (Å²) in [4.78, 5) is 16.7. The maximum absolute atomic E-state index is 12.2. The van der Waals surface area contributed by atoms with Gasteiger partial charge in [0.25, 0.3) is 0 Å². The molecule has 1 aromatic heterocycles. The van der Waals surface area contributed by atoms with Crippen molar-refractivity contribution in [3.63, 3.8) is 0 Å². The molecule has 1 unspecified atom stereocenters. The Morgan fingerprint density at radius 1 is 1.23 bits per heavy atom. The SMILES string of the molecule is CC(NC(=O)CSc1nc(-c2ccccc2)cn1N)c1ccccc1Cl. The van der Waals surface area contributed by atoms with E-state index < -0.39 is 0 Å². The number of carbonyl (C=O) groups is 1. The number of nitrogens with one attached hydrogen (secondary N) is 1. The molecule has 0 aliphatic heterocycles. The molecule has 26 heavy (non-hydrogen) atoms. The molecule has 0 radical (unpaired) electrons. The van der Waals surface area contributed by atoms with Gasteiger partial charge in [-0.25, -0.2) is 9.66 Å². The lowest BCUT2D eigenvalue weighted by atomic mass is 10.1. The van der Waals surface area contributed by atoms with Crippen molar-refractivity contribution < 1.29 is 4.79 Å². The lowest BCUT2D eigenvalue weighted by Gasteiger charge is -2.15. The Kier molecular flexibility index (Phi) is 5.85. The number of hydrogen-bond donors (Lipinski definition) is 2. The highest BCUT2D eigenvalue weighted by Crippen LogP contribution is 2.24. The van der Waals surface area contributed by atoms with Crippen LogP contribution in [0.1, 0.15) is 18.5 Å². The molecule has 0 saturated heterocycles. The number of carbonyl (C=O) groups excluding carboxylic acids is 1. The number of benzene rings is 2. The molecule has 2 aromatic carbocycles. The van der Waals surface area contributed by atoms with Crippen LogP contribution in [0.2, 0.25) is 5.02 Å². The Bertz CT molecular complexity index is 898. The van der Waals surface area contributed by atoms with Crippen LogP contribution in [0.5, 0.6) is 0 Å². The largest absolute Gasteiger partial charge is 0.349 e. The van der Waals surface area contributed by atoms with Crippen LogP contribution >= 0.6 is 23.4 Å². The van der Waals surface area contributed by atoms with Gasteiger partial charge in [0, 0.05) is 10.6 Å². The van der Waals surface area contributed by atoms with Crippen molar-refractivity contribution in [2.24, 2.45) is 0 Å². The monoisotopic (exact) mass is 386 g/mol. The smallest absolute Gasteiger partial charge is 0.230 e. The topological polar surface area (TPSA) is 72.9 Å². The lowest BCUT2D eigenvalue weighted by molar-refractivity contribution is -0.119. The minimum absolute atomic E-state index is 0.105. The van der Waals surface area contributed by atoms with E-state index in [1.807, 2.05) is 61.5 Å². The summed E-state index contributed by atoms with van der Waals surface area (Å²) in [7, 11) is 0. The molecule has 1 amide bonds. The van der Waals surface area contributed by atoms with E-state index in [0.29, 0.717) is 10.2 Å². The second-order valence-corrected chi connectivity index (χ2v) is 7.13. The molecular weight excluding hydrogens is 368 g/mol. The molecule has 7 heteroatoms. The molecule has 0 saturated carbocycles. The van der Waals surface area contributed by atoms with E-state index in [9.17, 15) is 4.79 Å². The summed E-state index contributed by atoms with van der Waals surface area (Å²) >= 11 is 7.46. The minimum Gasteiger partial charge on any atom is -0.349 e. The molecule has 3 rings (SSSR count). The van der Waals surface area contributed by atoms with Gasteiger partial charge in [0.2, 0.25) is 5.91 Å². The Labute approximate surface area is 161 Å². The summed E-state index contributed by atoms with van der Waals surface area (Å²) in [5, 5.41) is 4.17. The van der Waals surface area contributed by atoms with Crippen LogP contribution in [-0.2, 0) is 4.79 Å². The Morgan fingerprint density at radius 2 is 1.92 bits per heavy atom. The predicted molar refractivity (Wildman–Crippen MR) is 107 cm³/mol. The van der Waals surface area contributed by atoms with E-state index in [1.54, 1.807) is 6.20 Å². The first-order chi connectivity index (χ1) is 12.5. The number of thioether (sulfide) groups is 1. The average molecular weight is 387 g/mol. The van der Waals surface area contributed by atoms with Gasteiger partial charge in [0.1, 0.15) is 0 Å². The standard InChI is InChI=1S/C19H19ClN4OS/c1-13(15-9-5-6-10-16(15)20)22-18(25)12-26-19-23-17(11-24(19)21)14-7-3-2-4-8-14/h2-11,13H,12,21H2,1H3,(H,22,25). The molecule has 0 aliphatic rings. The highest BCUT2D eigenvalue weighted by atomic mass is 35.5. The number of nitrogens with two attached hydrogens (primary N) is 1. The van der Waals surface area contributed by atoms with Crippen LogP contribution in [0, 0.1) is 0 Å². The summed E-state index contributed by atoms with van der Waals surface area (Å²) in [6.45, 7) is 1.90. The number of amides is 1. The highest BCUT2D eigenvalue weighted by Gasteiger charge is 2.14. The second-order valence-electron chi connectivity index (χ2n) is 5.78. The van der Waals surface area contributed by atoms with Crippen LogP contribution in [0.25, 0.3) is 11.3 Å². The van der Waals surface area contributed by atoms with Gasteiger partial charge in [-0.05, 0) is 18.6 Å². The lowest BCUT2D eigenvalue weighted by Crippen LogP contribution is -2.28. The third kappa shape index (κ3) is 4.39. The van der Waals surface area contributed by atoms with Gasteiger partial charge in [0.15, 0.2) is 5.16 Å². The van der Waals surface area contributed by atoms with E-state index >= 15 is 0 Å². The molecule has 1 heterocycles. The zero-order valence-electron chi connectivity index (χ0n) is 14.2. The molecule has 0 bridgehead atoms. The van der Waals surface area contributed by atoms with Crippen LogP contribution < -0.4 is 11.2 Å². The van der Waals surface area contributed by atoms with Crippen LogP contribution in [0.3, 0.4) is 0 Å². The Balaban J connectivity index is 1.60. The van der Waals surface area contributed by atoms with E-state index in [1.165, 1.54) is 16.4 Å². The minimum atomic E-state index is -0.172. The van der Waals surface area contributed by atoms with Gasteiger partial charge in [-0.1, -0.05) is 71.9 Å². The van der Waals surface area contributed by atoms with Crippen molar-refractivity contribution in [3.05, 3.63) is 71.4 Å². The van der Waals surface area contributed by atoms with Gasteiger partial charge in [-0.15, -0.1) is 0 Å². The number of nitrogens with zero attached hydrogens (tertiary/aromatic N) is 2. The number of hydrogen-bond acceptors (Lipinski definition) is 4. The summed E-state index contributed by atoms with van der Waals surface area (Å²) in [6, 6.07) is 17.1. The molecule has 0 fully saturated rings. The van der Waals surface area contributed by atoms with Crippen LogP contribution in [-0.4, -0.2) is 21.3 Å². The van der Waals surface area contributed by atoms with E-state index in [-0.39, 0.29) is 17.7 Å². The average Bonchev–Trinajstić information content (AvgIpc) is 3.02. The van der Waals surface area contributed by atoms with Crippen molar-refractivity contribution in [1.29, 1.82) is 0 Å². The molecule has 0 spiro atoms. The summed E-state index contributed by atoms with van der Waals surface area (Å²) in [5.41, 5.74) is 2.65. The zero-order chi connectivity index (χ0) is 18.5. The van der Waals surface area contributed by atoms with Crippen molar-refractivity contribution in [2.75, 3.05) is 11.6 Å².